The zero-order chi connectivity index (χ0) is 20.3. The standard InChI is InChI=1S/C20H19N3O5/c1-12-4-7-14(8-5-12)23-19(25)15(11-21-20(23)26)18(24)22-13-6-9-16(27-2)17(10-13)28-3/h4-11H,1-3H3,(H,21,26)(H,22,24). The van der Waals surface area contributed by atoms with Crippen LogP contribution in [0.1, 0.15) is 15.9 Å². The third-order valence-electron chi connectivity index (χ3n) is 4.15. The minimum Gasteiger partial charge on any atom is -0.493 e. The predicted molar refractivity (Wildman–Crippen MR) is 105 cm³/mol. The molecule has 0 radical (unpaired) electrons. The first-order valence-corrected chi connectivity index (χ1v) is 8.39. The predicted octanol–water partition coefficient (Wildman–Crippen LogP) is 2.10. The number of nitrogens with zero attached hydrogens (tertiary/aromatic N) is 1. The van der Waals surface area contributed by atoms with Crippen LogP contribution in [-0.4, -0.2) is 29.7 Å². The third kappa shape index (κ3) is 3.66. The van der Waals surface area contributed by atoms with Crippen molar-refractivity contribution in [3.05, 3.63) is 80.6 Å². The van der Waals surface area contributed by atoms with Crippen molar-refractivity contribution in [1.29, 1.82) is 0 Å². The number of aromatic nitrogens is 2. The van der Waals surface area contributed by atoms with E-state index in [9.17, 15) is 14.4 Å². The largest absolute Gasteiger partial charge is 0.493 e. The summed E-state index contributed by atoms with van der Waals surface area (Å²) in [6.07, 6.45) is 1.10. The van der Waals surface area contributed by atoms with Crippen molar-refractivity contribution in [3.8, 4) is 17.2 Å². The molecule has 8 heteroatoms. The molecule has 2 N–H and O–H groups in total. The van der Waals surface area contributed by atoms with Crippen molar-refractivity contribution in [3.63, 3.8) is 0 Å². The topological polar surface area (TPSA) is 102 Å². The summed E-state index contributed by atoms with van der Waals surface area (Å²) in [4.78, 5) is 40.0. The van der Waals surface area contributed by atoms with Gasteiger partial charge in [-0.1, -0.05) is 17.7 Å². The number of hydrogen-bond donors (Lipinski definition) is 2. The van der Waals surface area contributed by atoms with E-state index in [0.717, 1.165) is 16.3 Å². The quantitative estimate of drug-likeness (QED) is 0.705. The zero-order valence-corrected chi connectivity index (χ0v) is 15.6. The van der Waals surface area contributed by atoms with Gasteiger partial charge in [-0.3, -0.25) is 9.59 Å². The van der Waals surface area contributed by atoms with Gasteiger partial charge in [0.25, 0.3) is 11.5 Å². The molecule has 0 spiro atoms. The lowest BCUT2D eigenvalue weighted by atomic mass is 10.2. The summed E-state index contributed by atoms with van der Waals surface area (Å²) >= 11 is 0. The molecule has 3 rings (SSSR count). The Labute approximate surface area is 160 Å². The van der Waals surface area contributed by atoms with Gasteiger partial charge < -0.3 is 19.8 Å². The van der Waals surface area contributed by atoms with Crippen molar-refractivity contribution in [1.82, 2.24) is 9.55 Å². The van der Waals surface area contributed by atoms with Crippen LogP contribution in [0.2, 0.25) is 0 Å². The number of aryl methyl sites for hydroxylation is 1. The summed E-state index contributed by atoms with van der Waals surface area (Å²) in [6, 6.07) is 11.6. The summed E-state index contributed by atoms with van der Waals surface area (Å²) < 4.78 is 11.3. The van der Waals surface area contributed by atoms with Gasteiger partial charge in [0.1, 0.15) is 5.56 Å². The average Bonchev–Trinajstić information content (AvgIpc) is 2.69. The Morgan fingerprint density at radius 2 is 1.68 bits per heavy atom. The fourth-order valence-corrected chi connectivity index (χ4v) is 2.68. The molecule has 0 saturated carbocycles. The number of ether oxygens (including phenoxy) is 2. The van der Waals surface area contributed by atoms with Gasteiger partial charge in [-0.2, -0.15) is 0 Å². The number of methoxy groups -OCH3 is 2. The van der Waals surface area contributed by atoms with Crippen molar-refractivity contribution >= 4 is 11.6 Å². The molecule has 144 valence electrons. The number of H-pyrrole nitrogens is 1. The van der Waals surface area contributed by atoms with Gasteiger partial charge >= 0.3 is 5.69 Å². The first-order chi connectivity index (χ1) is 13.4. The highest BCUT2D eigenvalue weighted by Gasteiger charge is 2.17. The van der Waals surface area contributed by atoms with Crippen molar-refractivity contribution in [2.24, 2.45) is 0 Å². The summed E-state index contributed by atoms with van der Waals surface area (Å²) in [6.45, 7) is 1.89. The van der Waals surface area contributed by atoms with Crippen LogP contribution in [0.3, 0.4) is 0 Å². The molecule has 0 aliphatic rings. The average molecular weight is 381 g/mol. The summed E-state index contributed by atoms with van der Waals surface area (Å²) in [5, 5.41) is 2.62. The molecule has 28 heavy (non-hydrogen) atoms. The molecule has 0 bridgehead atoms. The Balaban J connectivity index is 1.97. The van der Waals surface area contributed by atoms with E-state index in [1.165, 1.54) is 14.2 Å². The number of hydrogen-bond acceptors (Lipinski definition) is 5. The van der Waals surface area contributed by atoms with Gasteiger partial charge in [0, 0.05) is 18.0 Å². The molecule has 2 aromatic carbocycles. The number of carbonyl (C=O) groups excluding carboxylic acids is 1. The van der Waals surface area contributed by atoms with E-state index < -0.39 is 17.2 Å². The minimum atomic E-state index is -0.717. The fraction of sp³-hybridized carbons (Fsp3) is 0.150. The summed E-state index contributed by atoms with van der Waals surface area (Å²) in [5.74, 6) is 0.277. The normalized spacial score (nSPS) is 10.4. The number of aromatic amines is 1. The van der Waals surface area contributed by atoms with E-state index in [-0.39, 0.29) is 5.56 Å². The molecule has 0 unspecified atom stereocenters. The minimum absolute atomic E-state index is 0.199. The number of rotatable bonds is 5. The second-order valence-corrected chi connectivity index (χ2v) is 6.01. The monoisotopic (exact) mass is 381 g/mol. The van der Waals surface area contributed by atoms with Crippen LogP contribution < -0.4 is 26.0 Å². The molecular formula is C20H19N3O5. The number of nitrogens with one attached hydrogen (secondary N) is 2. The van der Waals surface area contributed by atoms with Crippen LogP contribution >= 0.6 is 0 Å². The van der Waals surface area contributed by atoms with Gasteiger partial charge in [-0.05, 0) is 31.2 Å². The van der Waals surface area contributed by atoms with E-state index in [0.29, 0.717) is 22.9 Å². The second-order valence-electron chi connectivity index (χ2n) is 6.01. The Morgan fingerprint density at radius 1 is 1.00 bits per heavy atom. The SMILES string of the molecule is COc1ccc(NC(=O)c2c[nH]c(=O)n(-c3ccc(C)cc3)c2=O)cc1OC. The maximum atomic E-state index is 12.8. The van der Waals surface area contributed by atoms with Gasteiger partial charge in [-0.15, -0.1) is 0 Å². The lowest BCUT2D eigenvalue weighted by Gasteiger charge is -2.11. The first-order valence-electron chi connectivity index (χ1n) is 8.39. The van der Waals surface area contributed by atoms with Gasteiger partial charge in [-0.25, -0.2) is 9.36 Å². The molecule has 3 aromatic rings. The summed E-state index contributed by atoms with van der Waals surface area (Å²) in [5.41, 5.74) is 0.223. The highest BCUT2D eigenvalue weighted by molar-refractivity contribution is 6.04. The molecule has 0 fully saturated rings. The highest BCUT2D eigenvalue weighted by Crippen LogP contribution is 2.29. The zero-order valence-electron chi connectivity index (χ0n) is 15.6. The lowest BCUT2D eigenvalue weighted by Crippen LogP contribution is -2.38. The Morgan fingerprint density at radius 3 is 2.32 bits per heavy atom. The number of amides is 1. The molecular weight excluding hydrogens is 362 g/mol. The maximum Gasteiger partial charge on any atom is 0.333 e. The van der Waals surface area contributed by atoms with Crippen LogP contribution in [0.5, 0.6) is 11.5 Å². The molecule has 0 saturated heterocycles. The maximum absolute atomic E-state index is 12.8. The van der Waals surface area contributed by atoms with Crippen molar-refractivity contribution in [2.45, 2.75) is 6.92 Å². The Bertz CT molecular complexity index is 1130. The fourth-order valence-electron chi connectivity index (χ4n) is 2.68. The molecule has 0 atom stereocenters. The number of carbonyl (C=O) groups is 1. The summed E-state index contributed by atoms with van der Waals surface area (Å²) in [7, 11) is 2.98. The first kappa shape index (κ1) is 19.0. The van der Waals surface area contributed by atoms with E-state index >= 15 is 0 Å². The second kappa shape index (κ2) is 7.83. The molecule has 1 amide bonds. The van der Waals surface area contributed by atoms with Crippen LogP contribution in [0.4, 0.5) is 5.69 Å². The number of benzene rings is 2. The van der Waals surface area contributed by atoms with E-state index in [1.54, 1.807) is 42.5 Å². The van der Waals surface area contributed by atoms with E-state index in [2.05, 4.69) is 10.3 Å². The Hall–Kier alpha value is -3.81. The molecule has 0 aliphatic heterocycles. The molecule has 1 heterocycles. The van der Waals surface area contributed by atoms with Gasteiger partial charge in [0.2, 0.25) is 0 Å². The van der Waals surface area contributed by atoms with Crippen LogP contribution in [-0.2, 0) is 0 Å². The van der Waals surface area contributed by atoms with Crippen LogP contribution in [0, 0.1) is 6.92 Å². The van der Waals surface area contributed by atoms with E-state index in [1.807, 2.05) is 6.92 Å². The number of anilines is 1. The smallest absolute Gasteiger partial charge is 0.333 e. The van der Waals surface area contributed by atoms with Gasteiger partial charge in [0.05, 0.1) is 19.9 Å². The van der Waals surface area contributed by atoms with E-state index in [4.69, 9.17) is 9.47 Å². The van der Waals surface area contributed by atoms with Gasteiger partial charge in [0.15, 0.2) is 11.5 Å². The lowest BCUT2D eigenvalue weighted by molar-refractivity contribution is 0.102. The third-order valence-corrected chi connectivity index (χ3v) is 4.15. The van der Waals surface area contributed by atoms with Crippen LogP contribution in [0.15, 0.2) is 58.3 Å². The molecule has 8 nitrogen and oxygen atoms in total. The van der Waals surface area contributed by atoms with Crippen LogP contribution in [0.25, 0.3) is 5.69 Å². The Kier molecular flexibility index (Phi) is 5.30. The molecule has 1 aromatic heterocycles. The van der Waals surface area contributed by atoms with Crippen molar-refractivity contribution in [2.75, 3.05) is 19.5 Å². The molecule has 0 aliphatic carbocycles. The van der Waals surface area contributed by atoms with Crippen molar-refractivity contribution < 1.29 is 14.3 Å². The highest BCUT2D eigenvalue weighted by atomic mass is 16.5.